The SMILES string of the molecule is O=S(=O)(NCCc1c2c(cc3c1OCC3)OCC2)c1cccc(Cl)c1. The standard InChI is InChI=1S/C18H18ClNO4S/c19-13-2-1-3-14(11-13)25(21,22)20-7-4-16-15-6-9-23-17(15)10-12-5-8-24-18(12)16/h1-3,10-11,20H,4-9H2. The van der Waals surface area contributed by atoms with Crippen LogP contribution in [0.3, 0.4) is 0 Å². The van der Waals surface area contributed by atoms with Crippen LogP contribution in [0.4, 0.5) is 0 Å². The summed E-state index contributed by atoms with van der Waals surface area (Å²) < 4.78 is 39.0. The Bertz CT molecular complexity index is 895. The van der Waals surface area contributed by atoms with Crippen LogP contribution in [-0.2, 0) is 29.3 Å². The number of hydrogen-bond donors (Lipinski definition) is 1. The Balaban J connectivity index is 1.53. The molecule has 0 aliphatic carbocycles. The van der Waals surface area contributed by atoms with Crippen molar-refractivity contribution in [3.8, 4) is 11.5 Å². The van der Waals surface area contributed by atoms with Crippen LogP contribution in [0.2, 0.25) is 5.02 Å². The number of rotatable bonds is 5. The molecule has 132 valence electrons. The average Bonchev–Trinajstić information content (AvgIpc) is 3.23. The zero-order chi connectivity index (χ0) is 17.4. The van der Waals surface area contributed by atoms with Gasteiger partial charge in [-0.15, -0.1) is 0 Å². The van der Waals surface area contributed by atoms with Crippen LogP contribution < -0.4 is 14.2 Å². The molecule has 4 rings (SSSR count). The third-order valence-electron chi connectivity index (χ3n) is 4.53. The lowest BCUT2D eigenvalue weighted by atomic mass is 9.97. The molecule has 0 spiro atoms. The summed E-state index contributed by atoms with van der Waals surface area (Å²) in [5.41, 5.74) is 3.35. The largest absolute Gasteiger partial charge is 0.493 e. The molecule has 5 nitrogen and oxygen atoms in total. The second-order valence-electron chi connectivity index (χ2n) is 6.12. The van der Waals surface area contributed by atoms with Crippen molar-refractivity contribution in [3.05, 3.63) is 52.0 Å². The van der Waals surface area contributed by atoms with Gasteiger partial charge < -0.3 is 9.47 Å². The first-order valence-corrected chi connectivity index (χ1v) is 10.1. The van der Waals surface area contributed by atoms with Gasteiger partial charge in [0.25, 0.3) is 0 Å². The Labute approximate surface area is 152 Å². The maximum atomic E-state index is 12.4. The summed E-state index contributed by atoms with van der Waals surface area (Å²) in [6.07, 6.45) is 2.27. The molecule has 25 heavy (non-hydrogen) atoms. The molecule has 0 atom stereocenters. The van der Waals surface area contributed by atoms with Crippen molar-refractivity contribution in [3.63, 3.8) is 0 Å². The van der Waals surface area contributed by atoms with E-state index < -0.39 is 10.0 Å². The third kappa shape index (κ3) is 3.21. The van der Waals surface area contributed by atoms with E-state index in [1.807, 2.05) is 0 Å². The van der Waals surface area contributed by atoms with E-state index >= 15 is 0 Å². The minimum Gasteiger partial charge on any atom is -0.493 e. The van der Waals surface area contributed by atoms with Crippen LogP contribution in [0, 0.1) is 0 Å². The number of benzene rings is 2. The van der Waals surface area contributed by atoms with Gasteiger partial charge in [-0.3, -0.25) is 0 Å². The molecule has 2 aliphatic rings. The molecule has 2 aromatic rings. The fourth-order valence-corrected chi connectivity index (χ4v) is 4.71. The number of fused-ring (bicyclic) bond motifs is 2. The van der Waals surface area contributed by atoms with Gasteiger partial charge in [0, 0.05) is 41.1 Å². The van der Waals surface area contributed by atoms with Crippen LogP contribution in [0.15, 0.2) is 35.2 Å². The van der Waals surface area contributed by atoms with Crippen LogP contribution in [0.1, 0.15) is 16.7 Å². The van der Waals surface area contributed by atoms with Crippen molar-refractivity contribution < 1.29 is 17.9 Å². The number of nitrogens with one attached hydrogen (secondary N) is 1. The predicted molar refractivity (Wildman–Crippen MR) is 95.2 cm³/mol. The van der Waals surface area contributed by atoms with Crippen molar-refractivity contribution >= 4 is 21.6 Å². The van der Waals surface area contributed by atoms with Gasteiger partial charge in [-0.1, -0.05) is 17.7 Å². The van der Waals surface area contributed by atoms with Crippen LogP contribution in [0.25, 0.3) is 0 Å². The van der Waals surface area contributed by atoms with Crippen LogP contribution >= 0.6 is 11.6 Å². The zero-order valence-electron chi connectivity index (χ0n) is 13.5. The number of sulfonamides is 1. The van der Waals surface area contributed by atoms with Crippen molar-refractivity contribution in [2.45, 2.75) is 24.2 Å². The van der Waals surface area contributed by atoms with E-state index in [1.165, 1.54) is 12.1 Å². The Morgan fingerprint density at radius 2 is 1.96 bits per heavy atom. The van der Waals surface area contributed by atoms with Crippen molar-refractivity contribution in [1.82, 2.24) is 4.72 Å². The molecule has 0 saturated carbocycles. The Morgan fingerprint density at radius 1 is 1.12 bits per heavy atom. The average molecular weight is 380 g/mol. The molecule has 0 radical (unpaired) electrons. The van der Waals surface area contributed by atoms with E-state index in [-0.39, 0.29) is 4.90 Å². The van der Waals surface area contributed by atoms with Gasteiger partial charge in [0.1, 0.15) is 11.5 Å². The normalized spacial score (nSPS) is 15.4. The molecular weight excluding hydrogens is 362 g/mol. The monoisotopic (exact) mass is 379 g/mol. The van der Waals surface area contributed by atoms with E-state index in [0.29, 0.717) is 31.2 Å². The molecule has 7 heteroatoms. The zero-order valence-corrected chi connectivity index (χ0v) is 15.1. The first kappa shape index (κ1) is 16.7. The highest BCUT2D eigenvalue weighted by atomic mass is 35.5. The molecule has 0 fully saturated rings. The third-order valence-corrected chi connectivity index (χ3v) is 6.23. The van der Waals surface area contributed by atoms with Crippen molar-refractivity contribution in [1.29, 1.82) is 0 Å². The topological polar surface area (TPSA) is 64.6 Å². The minimum absolute atomic E-state index is 0.170. The van der Waals surface area contributed by atoms with E-state index in [9.17, 15) is 8.42 Å². The number of halogens is 1. The lowest BCUT2D eigenvalue weighted by Crippen LogP contribution is -2.26. The van der Waals surface area contributed by atoms with E-state index in [4.69, 9.17) is 21.1 Å². The lowest BCUT2D eigenvalue weighted by molar-refractivity contribution is 0.353. The fraction of sp³-hybridized carbons (Fsp3) is 0.333. The fourth-order valence-electron chi connectivity index (χ4n) is 3.38. The van der Waals surface area contributed by atoms with Gasteiger partial charge in [-0.25, -0.2) is 13.1 Å². The second-order valence-corrected chi connectivity index (χ2v) is 8.33. The Kier molecular flexibility index (Phi) is 4.35. The summed E-state index contributed by atoms with van der Waals surface area (Å²) in [6, 6.07) is 8.31. The molecule has 0 unspecified atom stereocenters. The highest BCUT2D eigenvalue weighted by Crippen LogP contribution is 2.40. The Morgan fingerprint density at radius 3 is 2.80 bits per heavy atom. The molecule has 0 bridgehead atoms. The molecule has 2 aliphatic heterocycles. The van der Waals surface area contributed by atoms with Gasteiger partial charge in [-0.05, 0) is 30.7 Å². The highest BCUT2D eigenvalue weighted by Gasteiger charge is 2.26. The molecule has 0 aromatic heterocycles. The van der Waals surface area contributed by atoms with E-state index in [0.717, 1.165) is 41.0 Å². The molecule has 2 aromatic carbocycles. The molecule has 1 N–H and O–H groups in total. The maximum absolute atomic E-state index is 12.4. The second kappa shape index (κ2) is 6.52. The molecular formula is C18H18ClNO4S. The Hall–Kier alpha value is -1.76. The predicted octanol–water partition coefficient (Wildman–Crippen LogP) is 2.73. The summed E-state index contributed by atoms with van der Waals surface area (Å²) in [4.78, 5) is 0.170. The molecule has 0 saturated heterocycles. The summed E-state index contributed by atoms with van der Waals surface area (Å²) in [5.74, 6) is 1.82. The van der Waals surface area contributed by atoms with Gasteiger partial charge in [-0.2, -0.15) is 0 Å². The quantitative estimate of drug-likeness (QED) is 0.867. The van der Waals surface area contributed by atoms with Crippen molar-refractivity contribution in [2.24, 2.45) is 0 Å². The summed E-state index contributed by atoms with van der Waals surface area (Å²) in [6.45, 7) is 1.63. The lowest BCUT2D eigenvalue weighted by Gasteiger charge is -2.13. The molecule has 0 amide bonds. The smallest absolute Gasteiger partial charge is 0.240 e. The maximum Gasteiger partial charge on any atom is 0.240 e. The van der Waals surface area contributed by atoms with Crippen LogP contribution in [-0.4, -0.2) is 28.2 Å². The van der Waals surface area contributed by atoms with Gasteiger partial charge in [0.15, 0.2) is 0 Å². The van der Waals surface area contributed by atoms with E-state index in [1.54, 1.807) is 12.1 Å². The van der Waals surface area contributed by atoms with Gasteiger partial charge in [0.05, 0.1) is 18.1 Å². The summed E-state index contributed by atoms with van der Waals surface area (Å²) in [5, 5.41) is 0.395. The van der Waals surface area contributed by atoms with E-state index in [2.05, 4.69) is 10.8 Å². The van der Waals surface area contributed by atoms with Gasteiger partial charge >= 0.3 is 0 Å². The highest BCUT2D eigenvalue weighted by molar-refractivity contribution is 7.89. The van der Waals surface area contributed by atoms with Gasteiger partial charge in [0.2, 0.25) is 10.0 Å². The first-order valence-electron chi connectivity index (χ1n) is 8.23. The summed E-state index contributed by atoms with van der Waals surface area (Å²) in [7, 11) is -3.59. The minimum atomic E-state index is -3.59. The number of ether oxygens (including phenoxy) is 2. The van der Waals surface area contributed by atoms with Crippen LogP contribution in [0.5, 0.6) is 11.5 Å². The molecule has 2 heterocycles. The first-order chi connectivity index (χ1) is 12.0. The number of hydrogen-bond acceptors (Lipinski definition) is 4. The summed E-state index contributed by atoms with van der Waals surface area (Å²) >= 11 is 5.89. The van der Waals surface area contributed by atoms with Crippen molar-refractivity contribution in [2.75, 3.05) is 19.8 Å².